The molecule has 1 aromatic heterocycles. The van der Waals surface area contributed by atoms with Crippen molar-refractivity contribution in [2.75, 3.05) is 38.5 Å². The number of Topliss-reactive ketones (excluding diaryl/α,β-unsaturated/α-hetero) is 1. The van der Waals surface area contributed by atoms with Crippen LogP contribution in [-0.4, -0.2) is 114 Å². The van der Waals surface area contributed by atoms with Crippen molar-refractivity contribution in [3.05, 3.63) is 53.8 Å². The van der Waals surface area contributed by atoms with Crippen LogP contribution in [0.4, 0.5) is 0 Å². The Labute approximate surface area is 283 Å². The summed E-state index contributed by atoms with van der Waals surface area (Å²) in [6.45, 7) is 12.9. The molecule has 0 saturated carbocycles. The first-order valence-corrected chi connectivity index (χ1v) is 18.3. The van der Waals surface area contributed by atoms with E-state index in [0.29, 0.717) is 18.7 Å². The summed E-state index contributed by atoms with van der Waals surface area (Å²) in [5.41, 5.74) is 0.505. The zero-order chi connectivity index (χ0) is 35.6. The zero-order valence-corrected chi connectivity index (χ0v) is 29.6. The van der Waals surface area contributed by atoms with Crippen LogP contribution in [0.15, 0.2) is 46.6 Å². The predicted molar refractivity (Wildman–Crippen MR) is 180 cm³/mol. The van der Waals surface area contributed by atoms with Gasteiger partial charge in [-0.3, -0.25) is 14.4 Å². The van der Waals surface area contributed by atoms with E-state index in [0.717, 1.165) is 11.2 Å². The van der Waals surface area contributed by atoms with Gasteiger partial charge in [0, 0.05) is 32.0 Å². The van der Waals surface area contributed by atoms with E-state index in [1.54, 1.807) is 32.1 Å². The van der Waals surface area contributed by atoms with E-state index in [-0.39, 0.29) is 73.8 Å². The minimum absolute atomic E-state index is 0.0243. The van der Waals surface area contributed by atoms with Crippen molar-refractivity contribution in [3.63, 3.8) is 0 Å². The molecule has 5 atom stereocenters. The molecule has 3 rings (SSSR count). The third-order valence-corrected chi connectivity index (χ3v) is 10.8. The Morgan fingerprint density at radius 3 is 2.52 bits per heavy atom. The van der Waals surface area contributed by atoms with Gasteiger partial charge in [-0.1, -0.05) is 64.5 Å². The van der Waals surface area contributed by atoms with Crippen molar-refractivity contribution in [2.24, 2.45) is 11.8 Å². The van der Waals surface area contributed by atoms with Crippen LogP contribution < -0.4 is 5.32 Å². The average Bonchev–Trinajstić information content (AvgIpc) is 3.68. The van der Waals surface area contributed by atoms with Gasteiger partial charge in [-0.2, -0.15) is 0 Å². The number of rotatable bonds is 7. The molecule has 0 aliphatic carbocycles. The van der Waals surface area contributed by atoms with Gasteiger partial charge in [-0.25, -0.2) is 18.2 Å². The monoisotopic (exact) mass is 690 g/mol. The summed E-state index contributed by atoms with van der Waals surface area (Å²) in [5.74, 6) is -3.23. The van der Waals surface area contributed by atoms with Gasteiger partial charge < -0.3 is 29.4 Å². The van der Waals surface area contributed by atoms with Crippen molar-refractivity contribution in [1.29, 1.82) is 0 Å². The van der Waals surface area contributed by atoms with Gasteiger partial charge in [-0.05, 0) is 38.4 Å². The number of nitrogens with one attached hydrogen (secondary N) is 1. The molecule has 2 amide bonds. The topological polar surface area (TPSA) is 176 Å². The molecule has 1 aromatic rings. The van der Waals surface area contributed by atoms with Crippen molar-refractivity contribution in [3.8, 4) is 0 Å². The number of carbonyl (C=O) groups excluding carboxylic acids is 4. The molecule has 2 bridgehead atoms. The Hall–Kier alpha value is -3.62. The van der Waals surface area contributed by atoms with Gasteiger partial charge in [0.2, 0.25) is 11.8 Å². The molecule has 48 heavy (non-hydrogen) atoms. The van der Waals surface area contributed by atoms with Gasteiger partial charge in [-0.15, -0.1) is 0 Å². The summed E-state index contributed by atoms with van der Waals surface area (Å²) in [6, 6.07) is -1.44. The molecule has 0 radical (unpaired) electrons. The number of nitrogens with zero attached hydrogens (tertiary/aromatic N) is 3. The fraction of sp³-hybridized carbons (Fsp3) is 0.618. The molecule has 2 aliphatic heterocycles. The second kappa shape index (κ2) is 17.7. The maximum atomic E-state index is 14.0. The number of allylic oxidation sites excluding steroid dienone is 2. The normalized spacial score (nSPS) is 28.1. The number of aliphatic hydroxyl groups excluding tert-OH is 1. The Kier molecular flexibility index (Phi) is 14.3. The number of hydrogen-bond donors (Lipinski definition) is 2. The van der Waals surface area contributed by atoms with Crippen LogP contribution in [0.25, 0.3) is 0 Å². The smallest absolute Gasteiger partial charge is 0.330 e. The molecule has 2 aliphatic rings. The van der Waals surface area contributed by atoms with Crippen LogP contribution in [0.3, 0.4) is 0 Å². The molecule has 1 fully saturated rings. The van der Waals surface area contributed by atoms with Gasteiger partial charge in [0.1, 0.15) is 24.2 Å². The van der Waals surface area contributed by atoms with Crippen molar-refractivity contribution in [1.82, 2.24) is 20.1 Å². The predicted octanol–water partition coefficient (Wildman–Crippen LogP) is 2.27. The molecule has 13 nitrogen and oxygen atoms in total. The summed E-state index contributed by atoms with van der Waals surface area (Å²) in [5, 5.41) is 11.9. The molecular weight excluding hydrogens is 640 g/mol. The maximum Gasteiger partial charge on any atom is 0.330 e. The Bertz CT molecular complexity index is 1490. The van der Waals surface area contributed by atoms with Crippen molar-refractivity contribution < 1.29 is 41.9 Å². The lowest BCUT2D eigenvalue weighted by atomic mass is 9.94. The molecule has 2 N–H and O–H groups in total. The van der Waals surface area contributed by atoms with Gasteiger partial charge in [0.15, 0.2) is 15.5 Å². The van der Waals surface area contributed by atoms with Crippen LogP contribution in [0.2, 0.25) is 0 Å². The van der Waals surface area contributed by atoms with Crippen LogP contribution in [-0.2, 0) is 35.4 Å². The number of fused-ring (bicyclic) bond motifs is 3. The number of ketones is 1. The van der Waals surface area contributed by atoms with Crippen LogP contribution in [0.5, 0.6) is 0 Å². The highest BCUT2D eigenvalue weighted by molar-refractivity contribution is 7.92. The number of hydrogen-bond acceptors (Lipinski definition) is 11. The standard InChI is InChI=1S/C34H50N4O9S/c1-7-37(8-2)16-17-48(44,45)28-13-15-38-31(28)34(43)47-32(22(3)4)24(6)11-12-29(41)35-14-9-10-23(5)18-25(39)19-26(40)20-30-36-27(21-46-30)33(38)42/h9-12,18,21-22,24-25,28,31-32,39H,7-8,13-17,19-20H2,1-6H3,(H,35,41)/b10-9-,12-11+,23-18+. The quantitative estimate of drug-likeness (QED) is 0.402. The summed E-state index contributed by atoms with van der Waals surface area (Å²) < 4.78 is 38.9. The van der Waals surface area contributed by atoms with E-state index in [1.165, 1.54) is 12.2 Å². The largest absolute Gasteiger partial charge is 0.460 e. The number of oxazole rings is 1. The second-order valence-electron chi connectivity index (χ2n) is 12.7. The van der Waals surface area contributed by atoms with Gasteiger partial charge >= 0.3 is 5.97 Å². The zero-order valence-electron chi connectivity index (χ0n) is 28.8. The second-order valence-corrected chi connectivity index (χ2v) is 15.0. The summed E-state index contributed by atoms with van der Waals surface area (Å²) in [7, 11) is -3.87. The molecule has 14 heteroatoms. The molecule has 3 heterocycles. The minimum atomic E-state index is -3.87. The molecule has 1 saturated heterocycles. The van der Waals surface area contributed by atoms with Gasteiger partial charge in [0.25, 0.3) is 5.91 Å². The molecular formula is C34H50N4O9S. The average molecular weight is 691 g/mol. The van der Waals surface area contributed by atoms with Crippen LogP contribution in [0, 0.1) is 11.8 Å². The molecule has 0 spiro atoms. The summed E-state index contributed by atoms with van der Waals surface area (Å²) in [6.07, 6.45) is 6.68. The molecule has 5 unspecified atom stereocenters. The van der Waals surface area contributed by atoms with E-state index in [9.17, 15) is 32.7 Å². The number of carbonyl (C=O) groups is 4. The minimum Gasteiger partial charge on any atom is -0.460 e. The number of esters is 1. The van der Waals surface area contributed by atoms with E-state index in [1.807, 2.05) is 32.6 Å². The Balaban J connectivity index is 2.00. The first-order chi connectivity index (χ1) is 22.7. The fourth-order valence-corrected chi connectivity index (χ4v) is 7.92. The lowest BCUT2D eigenvalue weighted by Gasteiger charge is -2.31. The number of ether oxygens (including phenoxy) is 1. The highest BCUT2D eigenvalue weighted by Gasteiger charge is 2.50. The number of sulfone groups is 1. The SMILES string of the molecule is CCN(CC)CCS(=O)(=O)C1CCN2C(=O)c3coc(n3)CC(=O)CC(O)/C=C(C)/C=C\CNC(=O)/C=C/C(C)C(C(C)C)OC(=O)C12. The van der Waals surface area contributed by atoms with E-state index < -0.39 is 51.1 Å². The lowest BCUT2D eigenvalue weighted by molar-refractivity contribution is -0.157. The van der Waals surface area contributed by atoms with Crippen molar-refractivity contribution in [2.45, 2.75) is 84.3 Å². The lowest BCUT2D eigenvalue weighted by Crippen LogP contribution is -2.50. The van der Waals surface area contributed by atoms with Crippen LogP contribution in [0.1, 0.15) is 70.8 Å². The van der Waals surface area contributed by atoms with Gasteiger partial charge in [0.05, 0.1) is 23.5 Å². The number of amides is 2. The van der Waals surface area contributed by atoms with E-state index >= 15 is 0 Å². The third kappa shape index (κ3) is 10.7. The first kappa shape index (κ1) is 38.8. The van der Waals surface area contributed by atoms with Crippen molar-refractivity contribution >= 4 is 33.4 Å². The highest BCUT2D eigenvalue weighted by Crippen LogP contribution is 2.30. The fourth-order valence-electron chi connectivity index (χ4n) is 5.99. The first-order valence-electron chi connectivity index (χ1n) is 16.6. The molecule has 0 aromatic carbocycles. The maximum absolute atomic E-state index is 14.0. The number of cyclic esters (lactones) is 1. The Morgan fingerprint density at radius 1 is 1.15 bits per heavy atom. The number of aromatic nitrogens is 1. The third-order valence-electron chi connectivity index (χ3n) is 8.66. The van der Waals surface area contributed by atoms with Crippen LogP contribution >= 0.6 is 0 Å². The Morgan fingerprint density at radius 2 is 1.85 bits per heavy atom. The molecule has 266 valence electrons. The number of aliphatic hydroxyl groups is 1. The van der Waals surface area contributed by atoms with E-state index in [4.69, 9.17) is 9.15 Å². The summed E-state index contributed by atoms with van der Waals surface area (Å²) in [4.78, 5) is 60.3. The van der Waals surface area contributed by atoms with E-state index in [2.05, 4.69) is 10.3 Å². The summed E-state index contributed by atoms with van der Waals surface area (Å²) >= 11 is 0. The highest BCUT2D eigenvalue weighted by atomic mass is 32.2.